The third-order valence-corrected chi connectivity index (χ3v) is 4.58. The van der Waals surface area contributed by atoms with E-state index in [4.69, 9.17) is 19.4 Å². The van der Waals surface area contributed by atoms with Gasteiger partial charge in [0.15, 0.2) is 0 Å². The molecule has 0 radical (unpaired) electrons. The lowest BCUT2D eigenvalue weighted by Gasteiger charge is -2.16. The Morgan fingerprint density at radius 3 is 2.38 bits per heavy atom. The lowest BCUT2D eigenvalue weighted by molar-refractivity contribution is -0.146. The minimum Gasteiger partial charge on any atom is -0.497 e. The van der Waals surface area contributed by atoms with Gasteiger partial charge in [-0.1, -0.05) is 12.1 Å². The monoisotopic (exact) mass is 357 g/mol. The highest BCUT2D eigenvalue weighted by atomic mass is 16.5. The van der Waals surface area contributed by atoms with Crippen molar-refractivity contribution in [2.24, 2.45) is 5.92 Å². The molecule has 7 heteroatoms. The van der Waals surface area contributed by atoms with Crippen LogP contribution in [0, 0.1) is 5.92 Å². The molecule has 0 aliphatic heterocycles. The molecule has 1 saturated carbocycles. The summed E-state index contributed by atoms with van der Waals surface area (Å²) in [4.78, 5) is 24.1. The Morgan fingerprint density at radius 2 is 1.77 bits per heavy atom. The Bertz CT molecular complexity index is 819. The van der Waals surface area contributed by atoms with Crippen LogP contribution in [-0.2, 0) is 19.7 Å². The second-order valence-electron chi connectivity index (χ2n) is 6.00. The van der Waals surface area contributed by atoms with E-state index in [9.17, 15) is 9.59 Å². The fourth-order valence-electron chi connectivity index (χ4n) is 3.12. The van der Waals surface area contributed by atoms with Crippen molar-refractivity contribution >= 4 is 11.9 Å². The summed E-state index contributed by atoms with van der Waals surface area (Å²) in [6.45, 7) is 0. The Balaban J connectivity index is 1.87. The van der Waals surface area contributed by atoms with E-state index in [0.29, 0.717) is 22.8 Å². The molecule has 1 aliphatic rings. The Hall–Kier alpha value is -3.06. The van der Waals surface area contributed by atoms with Crippen molar-refractivity contribution in [3.05, 3.63) is 54.1 Å². The first kappa shape index (κ1) is 17.8. The van der Waals surface area contributed by atoms with Gasteiger partial charge in [0, 0.05) is 0 Å². The van der Waals surface area contributed by atoms with Crippen LogP contribution in [0.1, 0.15) is 12.0 Å². The number of hydrogen-bond donors (Lipinski definition) is 2. The number of benzene rings is 2. The molecule has 3 rings (SSSR count). The number of carbonyl (C=O) groups excluding carboxylic acids is 2. The maximum absolute atomic E-state index is 12.3. The molecule has 2 N–H and O–H groups in total. The van der Waals surface area contributed by atoms with Crippen LogP contribution in [0.15, 0.2) is 48.5 Å². The molecule has 0 unspecified atom stereocenters. The second kappa shape index (κ2) is 7.05. The van der Waals surface area contributed by atoms with Crippen molar-refractivity contribution in [3.8, 4) is 17.2 Å². The molecule has 2 aromatic rings. The number of hydroxylamine groups is 1. The summed E-state index contributed by atoms with van der Waals surface area (Å²) in [5.41, 5.74) is 1.10. The molecular formula is C19H19NO6. The summed E-state index contributed by atoms with van der Waals surface area (Å²) >= 11 is 0. The molecule has 7 nitrogen and oxygen atoms in total. The van der Waals surface area contributed by atoms with E-state index in [2.05, 4.69) is 0 Å². The van der Waals surface area contributed by atoms with Crippen LogP contribution in [0.25, 0.3) is 0 Å². The summed E-state index contributed by atoms with van der Waals surface area (Å²) < 4.78 is 15.8. The van der Waals surface area contributed by atoms with E-state index in [1.54, 1.807) is 61.1 Å². The van der Waals surface area contributed by atoms with Crippen molar-refractivity contribution in [2.45, 2.75) is 11.8 Å². The van der Waals surface area contributed by atoms with Crippen molar-refractivity contribution in [3.63, 3.8) is 0 Å². The third-order valence-electron chi connectivity index (χ3n) is 4.58. The number of ether oxygens (including phenoxy) is 3. The van der Waals surface area contributed by atoms with Gasteiger partial charge in [0.1, 0.15) is 22.7 Å². The summed E-state index contributed by atoms with van der Waals surface area (Å²) in [6.07, 6.45) is 0.262. The molecule has 0 saturated heterocycles. The van der Waals surface area contributed by atoms with Crippen LogP contribution in [0.4, 0.5) is 0 Å². The average Bonchev–Trinajstić information content (AvgIpc) is 3.44. The van der Waals surface area contributed by atoms with Crippen molar-refractivity contribution in [2.75, 3.05) is 14.2 Å². The van der Waals surface area contributed by atoms with E-state index in [1.807, 2.05) is 0 Å². The topological polar surface area (TPSA) is 94.1 Å². The van der Waals surface area contributed by atoms with Gasteiger partial charge in [0.2, 0.25) is 5.91 Å². The molecule has 1 aliphatic carbocycles. The van der Waals surface area contributed by atoms with Gasteiger partial charge in [0.05, 0.1) is 20.1 Å². The van der Waals surface area contributed by atoms with Gasteiger partial charge < -0.3 is 14.2 Å². The van der Waals surface area contributed by atoms with Gasteiger partial charge >= 0.3 is 5.97 Å². The number of rotatable bonds is 6. The molecule has 26 heavy (non-hydrogen) atoms. The zero-order valence-electron chi connectivity index (χ0n) is 14.4. The van der Waals surface area contributed by atoms with E-state index in [-0.39, 0.29) is 6.42 Å². The molecule has 0 bridgehead atoms. The molecule has 1 fully saturated rings. The molecule has 0 spiro atoms. The molecule has 2 atom stereocenters. The summed E-state index contributed by atoms with van der Waals surface area (Å²) in [5, 5.41) is 8.88. The predicted molar refractivity (Wildman–Crippen MR) is 91.2 cm³/mol. The largest absolute Gasteiger partial charge is 0.497 e. The fraction of sp³-hybridized carbons (Fsp3) is 0.263. The summed E-state index contributed by atoms with van der Waals surface area (Å²) in [6, 6.07) is 14.0. The highest BCUT2D eigenvalue weighted by molar-refractivity contribution is 5.97. The smallest absolute Gasteiger partial charge is 0.317 e. The lowest BCUT2D eigenvalue weighted by Crippen LogP contribution is -2.31. The van der Waals surface area contributed by atoms with E-state index in [0.717, 1.165) is 0 Å². The minimum atomic E-state index is -1.11. The highest BCUT2D eigenvalue weighted by Gasteiger charge is 2.65. The number of methoxy groups -OCH3 is 2. The molecule has 2 aromatic carbocycles. The SMILES string of the molecule is COC(=O)[C@]1(c2cccc(Oc3ccc(OC)cc3)c2)C[C@H]1C(=O)NO. The van der Waals surface area contributed by atoms with E-state index >= 15 is 0 Å². The lowest BCUT2D eigenvalue weighted by atomic mass is 9.92. The maximum Gasteiger partial charge on any atom is 0.317 e. The van der Waals surface area contributed by atoms with E-state index < -0.39 is 23.2 Å². The Kier molecular flexibility index (Phi) is 4.81. The number of hydrogen-bond acceptors (Lipinski definition) is 6. The molecule has 1 amide bonds. The Morgan fingerprint density at radius 1 is 1.08 bits per heavy atom. The molecule has 0 aromatic heterocycles. The second-order valence-corrected chi connectivity index (χ2v) is 6.00. The first-order chi connectivity index (χ1) is 12.5. The first-order valence-corrected chi connectivity index (χ1v) is 8.00. The molecule has 0 heterocycles. The van der Waals surface area contributed by atoms with E-state index in [1.165, 1.54) is 7.11 Å². The first-order valence-electron chi connectivity index (χ1n) is 8.00. The zero-order valence-corrected chi connectivity index (χ0v) is 14.4. The van der Waals surface area contributed by atoms with Gasteiger partial charge in [-0.25, -0.2) is 5.48 Å². The Labute approximate surface area is 150 Å². The average molecular weight is 357 g/mol. The normalized spacial score (nSPS) is 20.8. The van der Waals surface area contributed by atoms with Crippen LogP contribution in [0.3, 0.4) is 0 Å². The third kappa shape index (κ3) is 3.09. The number of esters is 1. The zero-order chi connectivity index (χ0) is 18.7. The predicted octanol–water partition coefficient (Wildman–Crippen LogP) is 2.42. The number of amides is 1. The van der Waals surface area contributed by atoms with Gasteiger partial charge in [-0.15, -0.1) is 0 Å². The van der Waals surface area contributed by atoms with Gasteiger partial charge in [0.25, 0.3) is 0 Å². The van der Waals surface area contributed by atoms with Gasteiger partial charge in [-0.3, -0.25) is 14.8 Å². The van der Waals surface area contributed by atoms with Gasteiger partial charge in [-0.2, -0.15) is 0 Å². The minimum absolute atomic E-state index is 0.262. The summed E-state index contributed by atoms with van der Waals surface area (Å²) in [7, 11) is 2.86. The van der Waals surface area contributed by atoms with Crippen molar-refractivity contribution in [1.29, 1.82) is 0 Å². The van der Waals surface area contributed by atoms with Crippen molar-refractivity contribution < 1.29 is 29.0 Å². The fourth-order valence-corrected chi connectivity index (χ4v) is 3.12. The maximum atomic E-state index is 12.3. The van der Waals surface area contributed by atoms with Crippen LogP contribution in [-0.4, -0.2) is 31.3 Å². The highest BCUT2D eigenvalue weighted by Crippen LogP contribution is 2.55. The van der Waals surface area contributed by atoms with Crippen LogP contribution in [0.2, 0.25) is 0 Å². The number of carbonyl (C=O) groups is 2. The summed E-state index contributed by atoms with van der Waals surface area (Å²) in [5.74, 6) is 0.0221. The standard InChI is InChI=1S/C19H19NO6/c1-24-13-6-8-14(9-7-13)26-15-5-3-4-12(10-15)19(18(22)25-2)11-16(19)17(21)20-23/h3-10,16,23H,11H2,1-2H3,(H,20,21)/t16-,19-/m0/s1. The molecule has 136 valence electrons. The van der Waals surface area contributed by atoms with Crippen LogP contribution < -0.4 is 15.0 Å². The van der Waals surface area contributed by atoms with Crippen LogP contribution >= 0.6 is 0 Å². The van der Waals surface area contributed by atoms with Gasteiger partial charge in [-0.05, 0) is 48.4 Å². The molecular weight excluding hydrogens is 338 g/mol. The quantitative estimate of drug-likeness (QED) is 0.468. The van der Waals surface area contributed by atoms with Crippen molar-refractivity contribution in [1.82, 2.24) is 5.48 Å². The number of nitrogens with one attached hydrogen (secondary N) is 1. The van der Waals surface area contributed by atoms with Crippen LogP contribution in [0.5, 0.6) is 17.2 Å².